The molecule has 0 saturated carbocycles. The highest BCUT2D eigenvalue weighted by molar-refractivity contribution is 9.10. The first-order valence-electron chi connectivity index (χ1n) is 6.73. The predicted molar refractivity (Wildman–Crippen MR) is 91.1 cm³/mol. The monoisotopic (exact) mass is 378 g/mol. The summed E-state index contributed by atoms with van der Waals surface area (Å²) in [5.74, 6) is -0.964. The van der Waals surface area contributed by atoms with Crippen molar-refractivity contribution in [2.24, 2.45) is 0 Å². The molecule has 0 spiro atoms. The SMILES string of the molecule is CC(Br)C(=O)c1ccc(Sc2ccccc2)c(CC(=O)O)c1. The number of aliphatic carboxylic acids is 1. The Morgan fingerprint density at radius 3 is 2.45 bits per heavy atom. The van der Waals surface area contributed by atoms with Gasteiger partial charge in [0.15, 0.2) is 5.78 Å². The van der Waals surface area contributed by atoms with Crippen LogP contribution in [0.3, 0.4) is 0 Å². The van der Waals surface area contributed by atoms with Crippen LogP contribution in [0.4, 0.5) is 0 Å². The van der Waals surface area contributed by atoms with Gasteiger partial charge in [-0.3, -0.25) is 9.59 Å². The number of Topliss-reactive ketones (excluding diaryl/α,β-unsaturated/α-hetero) is 1. The highest BCUT2D eigenvalue weighted by Gasteiger charge is 2.16. The predicted octanol–water partition coefficient (Wildman–Crippen LogP) is 4.43. The van der Waals surface area contributed by atoms with E-state index in [0.717, 1.165) is 9.79 Å². The molecule has 2 aromatic carbocycles. The van der Waals surface area contributed by atoms with Gasteiger partial charge in [-0.25, -0.2) is 0 Å². The Kier molecular flexibility index (Phi) is 5.80. The van der Waals surface area contributed by atoms with Gasteiger partial charge in [0.1, 0.15) is 0 Å². The Balaban J connectivity index is 2.36. The van der Waals surface area contributed by atoms with Crippen LogP contribution in [-0.2, 0) is 11.2 Å². The molecule has 0 amide bonds. The van der Waals surface area contributed by atoms with Gasteiger partial charge in [-0.1, -0.05) is 52.0 Å². The Bertz CT molecular complexity index is 684. The molecule has 0 aliphatic rings. The first-order chi connectivity index (χ1) is 10.5. The van der Waals surface area contributed by atoms with E-state index in [9.17, 15) is 9.59 Å². The zero-order valence-electron chi connectivity index (χ0n) is 12.0. The molecule has 0 bridgehead atoms. The number of carboxylic acids is 1. The number of rotatable bonds is 6. The summed E-state index contributed by atoms with van der Waals surface area (Å²) < 4.78 is 0. The first-order valence-corrected chi connectivity index (χ1v) is 8.46. The molecule has 114 valence electrons. The van der Waals surface area contributed by atoms with Crippen LogP contribution in [0.1, 0.15) is 22.8 Å². The van der Waals surface area contributed by atoms with Crippen LogP contribution in [0.25, 0.3) is 0 Å². The summed E-state index contributed by atoms with van der Waals surface area (Å²) in [5.41, 5.74) is 1.18. The van der Waals surface area contributed by atoms with E-state index in [1.807, 2.05) is 36.4 Å². The summed E-state index contributed by atoms with van der Waals surface area (Å²) in [6, 6.07) is 15.0. The van der Waals surface area contributed by atoms with Gasteiger partial charge in [0.25, 0.3) is 0 Å². The number of benzene rings is 2. The second-order valence-corrected chi connectivity index (χ2v) is 7.28. The second-order valence-electron chi connectivity index (χ2n) is 4.79. The standard InChI is InChI=1S/C17H15BrO3S/c1-11(18)17(21)12-7-8-15(13(9-12)10-16(19)20)22-14-5-3-2-4-6-14/h2-9,11H,10H2,1H3,(H,19,20). The van der Waals surface area contributed by atoms with Gasteiger partial charge in [-0.05, 0) is 36.8 Å². The maximum Gasteiger partial charge on any atom is 0.307 e. The first kappa shape index (κ1) is 16.8. The average Bonchev–Trinajstić information content (AvgIpc) is 2.48. The molecule has 0 radical (unpaired) electrons. The van der Waals surface area contributed by atoms with Gasteiger partial charge in [0.05, 0.1) is 11.2 Å². The minimum atomic E-state index is -0.911. The largest absolute Gasteiger partial charge is 0.481 e. The molecule has 0 aromatic heterocycles. The molecule has 0 fully saturated rings. The van der Waals surface area contributed by atoms with E-state index in [4.69, 9.17) is 5.11 Å². The van der Waals surface area contributed by atoms with E-state index < -0.39 is 5.97 Å². The summed E-state index contributed by atoms with van der Waals surface area (Å²) in [6.45, 7) is 1.76. The Morgan fingerprint density at radius 2 is 1.86 bits per heavy atom. The molecule has 0 heterocycles. The van der Waals surface area contributed by atoms with Crippen LogP contribution in [0.15, 0.2) is 58.3 Å². The minimum Gasteiger partial charge on any atom is -0.481 e. The quantitative estimate of drug-likeness (QED) is 0.596. The number of carbonyl (C=O) groups excluding carboxylic acids is 1. The molecule has 0 saturated heterocycles. The molecule has 1 atom stereocenters. The fourth-order valence-corrected chi connectivity index (χ4v) is 3.19. The van der Waals surface area contributed by atoms with Crippen molar-refractivity contribution in [2.75, 3.05) is 0 Å². The molecule has 5 heteroatoms. The molecule has 0 aliphatic heterocycles. The maximum absolute atomic E-state index is 12.1. The lowest BCUT2D eigenvalue weighted by atomic mass is 10.0. The molecule has 1 unspecified atom stereocenters. The van der Waals surface area contributed by atoms with E-state index in [1.54, 1.807) is 19.1 Å². The Hall–Kier alpha value is -1.59. The molecule has 3 nitrogen and oxygen atoms in total. The maximum atomic E-state index is 12.1. The minimum absolute atomic E-state index is 0.0529. The fraction of sp³-hybridized carbons (Fsp3) is 0.176. The molecule has 0 aliphatic carbocycles. The van der Waals surface area contributed by atoms with Gasteiger partial charge in [-0.2, -0.15) is 0 Å². The molecule has 22 heavy (non-hydrogen) atoms. The number of carboxylic acid groups (broad SMARTS) is 1. The highest BCUT2D eigenvalue weighted by Crippen LogP contribution is 2.31. The van der Waals surface area contributed by atoms with E-state index in [-0.39, 0.29) is 17.0 Å². The number of ketones is 1. The van der Waals surface area contributed by atoms with Crippen LogP contribution in [0.2, 0.25) is 0 Å². The van der Waals surface area contributed by atoms with Crippen LogP contribution in [0, 0.1) is 0 Å². The van der Waals surface area contributed by atoms with Gasteiger partial charge in [-0.15, -0.1) is 0 Å². The topological polar surface area (TPSA) is 54.4 Å². The van der Waals surface area contributed by atoms with Crippen LogP contribution in [0.5, 0.6) is 0 Å². The zero-order chi connectivity index (χ0) is 16.1. The number of carbonyl (C=O) groups is 2. The lowest BCUT2D eigenvalue weighted by molar-refractivity contribution is -0.136. The molecular weight excluding hydrogens is 364 g/mol. The summed E-state index contributed by atoms with van der Waals surface area (Å²) in [7, 11) is 0. The summed E-state index contributed by atoms with van der Waals surface area (Å²) in [5, 5.41) is 9.09. The van der Waals surface area contributed by atoms with Gasteiger partial charge >= 0.3 is 5.97 Å². The number of halogens is 1. The number of hydrogen-bond donors (Lipinski definition) is 1. The molecular formula is C17H15BrO3S. The van der Waals surface area contributed by atoms with Gasteiger partial charge < -0.3 is 5.11 Å². The zero-order valence-corrected chi connectivity index (χ0v) is 14.4. The van der Waals surface area contributed by atoms with Crippen molar-refractivity contribution in [1.82, 2.24) is 0 Å². The molecule has 2 aromatic rings. The van der Waals surface area contributed by atoms with Crippen molar-refractivity contribution in [3.05, 3.63) is 59.7 Å². The van der Waals surface area contributed by atoms with E-state index in [1.165, 1.54) is 11.8 Å². The van der Waals surface area contributed by atoms with Gasteiger partial charge in [0.2, 0.25) is 0 Å². The fourth-order valence-electron chi connectivity index (χ4n) is 1.98. The van der Waals surface area contributed by atoms with Crippen LogP contribution >= 0.6 is 27.7 Å². The van der Waals surface area contributed by atoms with E-state index in [2.05, 4.69) is 15.9 Å². The van der Waals surface area contributed by atoms with Gasteiger partial charge in [0, 0.05) is 15.4 Å². The summed E-state index contributed by atoms with van der Waals surface area (Å²) in [4.78, 5) is 24.7. The smallest absolute Gasteiger partial charge is 0.307 e. The highest BCUT2D eigenvalue weighted by atomic mass is 79.9. The van der Waals surface area contributed by atoms with Crippen molar-refractivity contribution in [3.8, 4) is 0 Å². The number of alkyl halides is 1. The Labute approximate surface area is 141 Å². The third-order valence-corrected chi connectivity index (χ3v) is 4.56. The Morgan fingerprint density at radius 1 is 1.18 bits per heavy atom. The van der Waals surface area contributed by atoms with Crippen LogP contribution < -0.4 is 0 Å². The molecule has 2 rings (SSSR count). The van der Waals surface area contributed by atoms with Crippen molar-refractivity contribution < 1.29 is 14.7 Å². The van der Waals surface area contributed by atoms with E-state index in [0.29, 0.717) is 11.1 Å². The third kappa shape index (κ3) is 4.45. The lowest BCUT2D eigenvalue weighted by Gasteiger charge is -2.11. The molecule has 1 N–H and O–H groups in total. The summed E-state index contributed by atoms with van der Waals surface area (Å²) in [6.07, 6.45) is -0.104. The number of hydrogen-bond acceptors (Lipinski definition) is 3. The third-order valence-electron chi connectivity index (χ3n) is 3.02. The lowest BCUT2D eigenvalue weighted by Crippen LogP contribution is -2.11. The summed E-state index contributed by atoms with van der Waals surface area (Å²) >= 11 is 4.75. The van der Waals surface area contributed by atoms with E-state index >= 15 is 0 Å². The van der Waals surface area contributed by atoms with Crippen molar-refractivity contribution in [1.29, 1.82) is 0 Å². The normalized spacial score (nSPS) is 11.9. The second kappa shape index (κ2) is 7.61. The van der Waals surface area contributed by atoms with Crippen LogP contribution in [-0.4, -0.2) is 21.7 Å². The van der Waals surface area contributed by atoms with Crippen molar-refractivity contribution in [3.63, 3.8) is 0 Å². The van der Waals surface area contributed by atoms with Crippen molar-refractivity contribution >= 4 is 39.4 Å². The van der Waals surface area contributed by atoms with Crippen molar-refractivity contribution in [2.45, 2.75) is 28.0 Å². The average molecular weight is 379 g/mol.